The van der Waals surface area contributed by atoms with Gasteiger partial charge in [0.25, 0.3) is 0 Å². The number of carbonyl (C=O) groups excluding carboxylic acids is 2. The smallest absolute Gasteiger partial charge is 0.223 e. The summed E-state index contributed by atoms with van der Waals surface area (Å²) >= 11 is 0. The van der Waals surface area contributed by atoms with E-state index in [-0.39, 0.29) is 35.7 Å². The minimum absolute atomic E-state index is 0.00951. The first-order valence-corrected chi connectivity index (χ1v) is 12.3. The number of amides is 2. The van der Waals surface area contributed by atoms with E-state index in [1.807, 2.05) is 13.8 Å². The summed E-state index contributed by atoms with van der Waals surface area (Å²) in [4.78, 5) is 25.4. The lowest BCUT2D eigenvalue weighted by Crippen LogP contribution is -2.47. The van der Waals surface area contributed by atoms with Crippen LogP contribution in [0.5, 0.6) is 0 Å². The Bertz CT molecular complexity index is 532. The molecule has 0 unspecified atom stereocenters. The second-order valence-electron chi connectivity index (χ2n) is 10.3. The molecular formula is C24H42N2O4. The molecule has 0 bridgehead atoms. The van der Waals surface area contributed by atoms with E-state index in [0.717, 1.165) is 89.9 Å². The normalized spacial score (nSPS) is 39.9. The van der Waals surface area contributed by atoms with Gasteiger partial charge in [-0.05, 0) is 89.9 Å². The number of carbonyl (C=O) groups is 2. The molecule has 0 aromatic carbocycles. The molecule has 0 aromatic heterocycles. The van der Waals surface area contributed by atoms with E-state index in [2.05, 4.69) is 10.6 Å². The lowest BCUT2D eigenvalue weighted by molar-refractivity contribution is -0.132. The summed E-state index contributed by atoms with van der Waals surface area (Å²) in [7, 11) is 0. The van der Waals surface area contributed by atoms with Gasteiger partial charge in [-0.15, -0.1) is 0 Å². The van der Waals surface area contributed by atoms with Gasteiger partial charge < -0.3 is 20.8 Å². The van der Waals surface area contributed by atoms with Crippen molar-refractivity contribution in [1.82, 2.24) is 10.6 Å². The Morgan fingerprint density at radius 2 is 0.967 bits per heavy atom. The van der Waals surface area contributed by atoms with Gasteiger partial charge in [-0.25, -0.2) is 0 Å². The summed E-state index contributed by atoms with van der Waals surface area (Å²) in [6.07, 6.45) is 11.1. The van der Waals surface area contributed by atoms with E-state index in [0.29, 0.717) is 0 Å². The standard InChI is InChI=1S/C24H42N2O4/c1-3-23(29)13-9-19(10-14-23)25-21(27)17-5-7-18(8-6-17)22(28)26-20-11-15-24(30,4-2)16-12-20/h17-20,29-30H,3-16H2,1-2H3,(H,25,27)(H,26,28). The van der Waals surface area contributed by atoms with Crippen LogP contribution in [0, 0.1) is 11.8 Å². The largest absolute Gasteiger partial charge is 0.390 e. The van der Waals surface area contributed by atoms with E-state index >= 15 is 0 Å². The summed E-state index contributed by atoms with van der Waals surface area (Å²) in [6, 6.07) is 0.358. The minimum Gasteiger partial charge on any atom is -0.390 e. The first-order chi connectivity index (χ1) is 14.3. The number of hydrogen-bond donors (Lipinski definition) is 4. The van der Waals surface area contributed by atoms with Gasteiger partial charge in [0.15, 0.2) is 0 Å². The van der Waals surface area contributed by atoms with Gasteiger partial charge in [-0.2, -0.15) is 0 Å². The van der Waals surface area contributed by atoms with E-state index < -0.39 is 11.2 Å². The van der Waals surface area contributed by atoms with Crippen molar-refractivity contribution in [3.05, 3.63) is 0 Å². The maximum Gasteiger partial charge on any atom is 0.223 e. The summed E-state index contributed by atoms with van der Waals surface area (Å²) in [5.74, 6) is 0.282. The van der Waals surface area contributed by atoms with Crippen LogP contribution in [-0.2, 0) is 9.59 Å². The van der Waals surface area contributed by atoms with Crippen LogP contribution in [0.2, 0.25) is 0 Å². The molecule has 0 aromatic rings. The van der Waals surface area contributed by atoms with Crippen LogP contribution in [0.25, 0.3) is 0 Å². The molecular weight excluding hydrogens is 380 g/mol. The van der Waals surface area contributed by atoms with Gasteiger partial charge in [0.2, 0.25) is 11.8 Å². The lowest BCUT2D eigenvalue weighted by atomic mass is 9.78. The zero-order chi connectivity index (χ0) is 21.8. The fraction of sp³-hybridized carbons (Fsp3) is 0.917. The fourth-order valence-corrected chi connectivity index (χ4v) is 5.56. The molecule has 172 valence electrons. The van der Waals surface area contributed by atoms with Crippen LogP contribution < -0.4 is 10.6 Å². The molecule has 3 rings (SSSR count). The van der Waals surface area contributed by atoms with Crippen LogP contribution in [0.3, 0.4) is 0 Å². The van der Waals surface area contributed by atoms with Crippen molar-refractivity contribution >= 4 is 11.8 Å². The Morgan fingerprint density at radius 3 is 1.23 bits per heavy atom. The van der Waals surface area contributed by atoms with E-state index in [1.165, 1.54) is 0 Å². The summed E-state index contributed by atoms with van der Waals surface area (Å²) in [5.41, 5.74) is -1.08. The topological polar surface area (TPSA) is 98.7 Å². The number of rotatable bonds is 6. The maximum atomic E-state index is 12.7. The van der Waals surface area contributed by atoms with E-state index in [1.54, 1.807) is 0 Å². The maximum absolute atomic E-state index is 12.7. The van der Waals surface area contributed by atoms with Crippen molar-refractivity contribution < 1.29 is 19.8 Å². The van der Waals surface area contributed by atoms with Gasteiger partial charge in [0.05, 0.1) is 11.2 Å². The minimum atomic E-state index is -0.541. The third-order valence-electron chi connectivity index (χ3n) is 8.31. The molecule has 6 nitrogen and oxygen atoms in total. The SMILES string of the molecule is CCC1(O)CCC(NC(=O)C2CCC(C(=O)NC3CCC(O)(CC)CC3)CC2)CC1. The van der Waals surface area contributed by atoms with Crippen molar-refractivity contribution in [3.63, 3.8) is 0 Å². The Labute approximate surface area is 181 Å². The van der Waals surface area contributed by atoms with Crippen LogP contribution in [0.4, 0.5) is 0 Å². The Morgan fingerprint density at radius 1 is 0.667 bits per heavy atom. The average molecular weight is 423 g/mol. The molecule has 0 spiro atoms. The van der Waals surface area contributed by atoms with Gasteiger partial charge in [0.1, 0.15) is 0 Å². The summed E-state index contributed by atoms with van der Waals surface area (Å²) in [5, 5.41) is 27.1. The van der Waals surface area contributed by atoms with Gasteiger partial charge in [-0.3, -0.25) is 9.59 Å². The van der Waals surface area contributed by atoms with Crippen molar-refractivity contribution in [2.75, 3.05) is 0 Å². The molecule has 0 radical (unpaired) electrons. The highest BCUT2D eigenvalue weighted by Gasteiger charge is 2.36. The quantitative estimate of drug-likeness (QED) is 0.528. The molecule has 0 atom stereocenters. The first-order valence-electron chi connectivity index (χ1n) is 12.3. The van der Waals surface area contributed by atoms with Crippen LogP contribution in [0.15, 0.2) is 0 Å². The Kier molecular flexibility index (Phi) is 7.83. The second kappa shape index (κ2) is 9.99. The van der Waals surface area contributed by atoms with Gasteiger partial charge in [0, 0.05) is 23.9 Å². The van der Waals surface area contributed by atoms with Crippen LogP contribution >= 0.6 is 0 Å². The third kappa shape index (κ3) is 5.97. The van der Waals surface area contributed by atoms with Crippen LogP contribution in [-0.4, -0.2) is 45.3 Å². The van der Waals surface area contributed by atoms with Crippen molar-refractivity contribution in [3.8, 4) is 0 Å². The molecule has 4 N–H and O–H groups in total. The molecule has 30 heavy (non-hydrogen) atoms. The van der Waals surface area contributed by atoms with Gasteiger partial charge in [-0.1, -0.05) is 13.8 Å². The Balaban J connectivity index is 1.36. The molecule has 3 aliphatic rings. The monoisotopic (exact) mass is 422 g/mol. The molecule has 0 aliphatic heterocycles. The molecule has 3 saturated carbocycles. The van der Waals surface area contributed by atoms with Crippen molar-refractivity contribution in [2.24, 2.45) is 11.8 Å². The van der Waals surface area contributed by atoms with Crippen molar-refractivity contribution in [2.45, 2.75) is 127 Å². The predicted octanol–water partition coefficient (Wildman–Crippen LogP) is 3.19. The molecule has 2 amide bonds. The zero-order valence-corrected chi connectivity index (χ0v) is 18.9. The second-order valence-corrected chi connectivity index (χ2v) is 10.3. The highest BCUT2D eigenvalue weighted by Crippen LogP contribution is 2.34. The highest BCUT2D eigenvalue weighted by atomic mass is 16.3. The zero-order valence-electron chi connectivity index (χ0n) is 18.9. The first kappa shape index (κ1) is 23.5. The van der Waals surface area contributed by atoms with Crippen molar-refractivity contribution in [1.29, 1.82) is 0 Å². The Hall–Kier alpha value is -1.14. The molecule has 0 saturated heterocycles. The number of aliphatic hydroxyl groups is 2. The molecule has 3 aliphatic carbocycles. The lowest BCUT2D eigenvalue weighted by Gasteiger charge is -2.37. The fourth-order valence-electron chi connectivity index (χ4n) is 5.56. The summed E-state index contributed by atoms with van der Waals surface area (Å²) < 4.78 is 0. The third-order valence-corrected chi connectivity index (χ3v) is 8.31. The molecule has 6 heteroatoms. The summed E-state index contributed by atoms with van der Waals surface area (Å²) in [6.45, 7) is 4.04. The predicted molar refractivity (Wildman–Crippen MR) is 117 cm³/mol. The number of nitrogens with one attached hydrogen (secondary N) is 2. The average Bonchev–Trinajstić information content (AvgIpc) is 2.77. The molecule has 0 heterocycles. The molecule has 3 fully saturated rings. The number of hydrogen-bond acceptors (Lipinski definition) is 4. The highest BCUT2D eigenvalue weighted by molar-refractivity contribution is 5.81. The van der Waals surface area contributed by atoms with E-state index in [4.69, 9.17) is 0 Å². The van der Waals surface area contributed by atoms with Gasteiger partial charge >= 0.3 is 0 Å². The van der Waals surface area contributed by atoms with Crippen LogP contribution in [0.1, 0.15) is 104 Å². The van der Waals surface area contributed by atoms with E-state index in [9.17, 15) is 19.8 Å².